The average molecular weight is 534 g/mol. The average Bonchev–Trinajstić information content (AvgIpc) is 3.14. The van der Waals surface area contributed by atoms with Crippen LogP contribution in [0.25, 0.3) is 5.76 Å². The lowest BCUT2D eigenvalue weighted by Crippen LogP contribution is -2.29. The fourth-order valence-electron chi connectivity index (χ4n) is 4.66. The third kappa shape index (κ3) is 5.27. The number of benzene rings is 3. The van der Waals surface area contributed by atoms with E-state index in [2.05, 4.69) is 0 Å². The molecule has 1 aliphatic heterocycles. The first kappa shape index (κ1) is 27.3. The Morgan fingerprint density at radius 3 is 2.26 bits per heavy atom. The summed E-state index contributed by atoms with van der Waals surface area (Å²) in [6, 6.07) is 18.3. The van der Waals surface area contributed by atoms with E-state index < -0.39 is 17.7 Å². The van der Waals surface area contributed by atoms with Crippen molar-refractivity contribution in [2.45, 2.75) is 46.1 Å². The minimum Gasteiger partial charge on any atom is -0.507 e. The van der Waals surface area contributed by atoms with Crippen molar-refractivity contribution in [3.8, 4) is 11.5 Å². The van der Waals surface area contributed by atoms with Gasteiger partial charge in [-0.3, -0.25) is 14.5 Å². The van der Waals surface area contributed by atoms with Gasteiger partial charge in [0.2, 0.25) is 0 Å². The second-order valence-electron chi connectivity index (χ2n) is 10.0. The second kappa shape index (κ2) is 10.9. The van der Waals surface area contributed by atoms with Gasteiger partial charge in [-0.05, 0) is 79.4 Å². The number of halogens is 1. The molecule has 3 aromatic carbocycles. The van der Waals surface area contributed by atoms with E-state index in [-0.39, 0.29) is 16.7 Å². The molecular weight excluding hydrogens is 502 g/mol. The van der Waals surface area contributed by atoms with Crippen LogP contribution in [0.1, 0.15) is 57.4 Å². The summed E-state index contributed by atoms with van der Waals surface area (Å²) in [6.45, 7) is 10.9. The van der Waals surface area contributed by atoms with Gasteiger partial charge in [0.1, 0.15) is 17.3 Å². The Kier molecular flexibility index (Phi) is 7.83. The van der Waals surface area contributed by atoms with E-state index >= 15 is 0 Å². The van der Waals surface area contributed by atoms with Gasteiger partial charge in [-0.1, -0.05) is 44.5 Å². The van der Waals surface area contributed by atoms with Crippen LogP contribution in [-0.4, -0.2) is 30.0 Å². The first-order valence-electron chi connectivity index (χ1n) is 12.6. The summed E-state index contributed by atoms with van der Waals surface area (Å²) < 4.78 is 11.5. The molecule has 1 aliphatic rings. The van der Waals surface area contributed by atoms with E-state index in [0.717, 1.165) is 5.56 Å². The van der Waals surface area contributed by atoms with Gasteiger partial charge >= 0.3 is 0 Å². The van der Waals surface area contributed by atoms with Crippen molar-refractivity contribution in [2.75, 3.05) is 18.1 Å². The molecule has 38 heavy (non-hydrogen) atoms. The smallest absolute Gasteiger partial charge is 0.300 e. The summed E-state index contributed by atoms with van der Waals surface area (Å²) in [5.74, 6) is -0.444. The molecule has 1 unspecified atom stereocenters. The first-order chi connectivity index (χ1) is 18.1. The van der Waals surface area contributed by atoms with Crippen molar-refractivity contribution in [1.29, 1.82) is 0 Å². The molecule has 0 aliphatic carbocycles. The highest BCUT2D eigenvalue weighted by Gasteiger charge is 2.47. The van der Waals surface area contributed by atoms with Crippen LogP contribution in [0, 0.1) is 0 Å². The van der Waals surface area contributed by atoms with E-state index in [4.69, 9.17) is 21.1 Å². The minimum atomic E-state index is -0.874. The Balaban J connectivity index is 1.95. The zero-order chi connectivity index (χ0) is 27.6. The Morgan fingerprint density at radius 2 is 1.63 bits per heavy atom. The maximum atomic E-state index is 13.5. The van der Waals surface area contributed by atoms with Crippen molar-refractivity contribution >= 4 is 34.7 Å². The number of rotatable bonds is 7. The van der Waals surface area contributed by atoms with Crippen molar-refractivity contribution in [3.63, 3.8) is 0 Å². The molecule has 1 atom stereocenters. The molecule has 198 valence electrons. The monoisotopic (exact) mass is 533 g/mol. The molecule has 6 nitrogen and oxygen atoms in total. The molecule has 0 spiro atoms. The van der Waals surface area contributed by atoms with Crippen LogP contribution in [0.2, 0.25) is 5.02 Å². The zero-order valence-electron chi connectivity index (χ0n) is 22.2. The number of amides is 1. The van der Waals surface area contributed by atoms with Crippen molar-refractivity contribution < 1.29 is 24.2 Å². The third-order valence-electron chi connectivity index (χ3n) is 6.39. The fourth-order valence-corrected chi connectivity index (χ4v) is 4.78. The molecular formula is C31H32ClNO5. The number of ether oxygens (including phenoxy) is 2. The second-order valence-corrected chi connectivity index (χ2v) is 10.5. The van der Waals surface area contributed by atoms with Gasteiger partial charge in [-0.15, -0.1) is 0 Å². The zero-order valence-corrected chi connectivity index (χ0v) is 23.0. The van der Waals surface area contributed by atoms with Crippen LogP contribution in [0.3, 0.4) is 0 Å². The summed E-state index contributed by atoms with van der Waals surface area (Å²) in [4.78, 5) is 28.4. The van der Waals surface area contributed by atoms with E-state index in [1.165, 1.54) is 4.90 Å². The summed E-state index contributed by atoms with van der Waals surface area (Å²) in [5, 5.41) is 12.1. The molecule has 0 aromatic heterocycles. The van der Waals surface area contributed by atoms with Gasteiger partial charge in [-0.2, -0.15) is 0 Å². The van der Waals surface area contributed by atoms with Crippen LogP contribution in [0.15, 0.2) is 72.3 Å². The van der Waals surface area contributed by atoms with Crippen molar-refractivity contribution in [3.05, 3.63) is 94.0 Å². The van der Waals surface area contributed by atoms with E-state index in [1.54, 1.807) is 48.5 Å². The number of hydrogen-bond acceptors (Lipinski definition) is 5. The standard InChI is InChI=1S/C31H32ClNO5/c1-6-37-23-10-8-9-19(17-23)27-26(29(35)30(36)33(27)22-14-12-21(32)13-15-22)28(34)20-11-16-25(38-7-2)24(18-20)31(3,4)5/h8-18,27,34H,6-7H2,1-5H3/b28-26+. The highest BCUT2D eigenvalue weighted by molar-refractivity contribution is 6.51. The summed E-state index contributed by atoms with van der Waals surface area (Å²) in [6.07, 6.45) is 0. The van der Waals surface area contributed by atoms with Gasteiger partial charge in [0.15, 0.2) is 0 Å². The Bertz CT molecular complexity index is 1390. The first-order valence-corrected chi connectivity index (χ1v) is 13.0. The quantitative estimate of drug-likeness (QED) is 0.200. The van der Waals surface area contributed by atoms with Gasteiger partial charge in [0.25, 0.3) is 11.7 Å². The number of carbonyl (C=O) groups is 2. The Morgan fingerprint density at radius 1 is 0.947 bits per heavy atom. The minimum absolute atomic E-state index is 0.00242. The number of nitrogens with zero attached hydrogens (tertiary/aromatic N) is 1. The topological polar surface area (TPSA) is 76.1 Å². The van der Waals surface area contributed by atoms with E-state index in [1.807, 2.05) is 52.8 Å². The molecule has 4 rings (SSSR count). The van der Waals surface area contributed by atoms with Crippen LogP contribution in [-0.2, 0) is 15.0 Å². The Hall–Kier alpha value is -3.77. The van der Waals surface area contributed by atoms with Crippen LogP contribution in [0.4, 0.5) is 5.69 Å². The molecule has 0 radical (unpaired) electrons. The van der Waals surface area contributed by atoms with Crippen molar-refractivity contribution in [2.24, 2.45) is 0 Å². The molecule has 1 saturated heterocycles. The molecule has 1 amide bonds. The predicted octanol–water partition coefficient (Wildman–Crippen LogP) is 7.06. The van der Waals surface area contributed by atoms with Crippen LogP contribution < -0.4 is 14.4 Å². The fraction of sp³-hybridized carbons (Fsp3) is 0.290. The maximum Gasteiger partial charge on any atom is 0.300 e. The molecule has 1 N–H and O–H groups in total. The highest BCUT2D eigenvalue weighted by Crippen LogP contribution is 2.44. The van der Waals surface area contributed by atoms with E-state index in [9.17, 15) is 14.7 Å². The van der Waals surface area contributed by atoms with Gasteiger partial charge < -0.3 is 14.6 Å². The van der Waals surface area contributed by atoms with Crippen molar-refractivity contribution in [1.82, 2.24) is 0 Å². The van der Waals surface area contributed by atoms with E-state index in [0.29, 0.717) is 46.5 Å². The van der Waals surface area contributed by atoms with Crippen LogP contribution >= 0.6 is 11.6 Å². The van der Waals surface area contributed by atoms with Crippen LogP contribution in [0.5, 0.6) is 11.5 Å². The van der Waals surface area contributed by atoms with Gasteiger partial charge in [0.05, 0.1) is 24.8 Å². The number of aliphatic hydroxyl groups excluding tert-OH is 1. The number of hydrogen-bond donors (Lipinski definition) is 1. The molecule has 1 fully saturated rings. The number of anilines is 1. The Labute approximate surface area is 228 Å². The lowest BCUT2D eigenvalue weighted by Gasteiger charge is -2.26. The highest BCUT2D eigenvalue weighted by atomic mass is 35.5. The van der Waals surface area contributed by atoms with Gasteiger partial charge in [0, 0.05) is 21.8 Å². The van der Waals surface area contributed by atoms with Gasteiger partial charge in [-0.25, -0.2) is 0 Å². The molecule has 7 heteroatoms. The third-order valence-corrected chi connectivity index (χ3v) is 6.65. The number of aliphatic hydroxyl groups is 1. The molecule has 3 aromatic rings. The molecule has 0 bridgehead atoms. The largest absolute Gasteiger partial charge is 0.507 e. The lowest BCUT2D eigenvalue weighted by atomic mass is 9.84. The SMILES string of the molecule is CCOc1cccc(C2/C(=C(\O)c3ccc(OCC)c(C(C)(C)C)c3)C(=O)C(=O)N2c2ccc(Cl)cc2)c1. The number of ketones is 1. The number of Topliss-reactive ketones (excluding diaryl/α,β-unsaturated/α-hetero) is 1. The summed E-state index contributed by atoms with van der Waals surface area (Å²) in [5.41, 5.74) is 2.14. The number of carbonyl (C=O) groups excluding carboxylic acids is 2. The molecule has 1 heterocycles. The predicted molar refractivity (Wildman–Crippen MR) is 150 cm³/mol. The lowest BCUT2D eigenvalue weighted by molar-refractivity contribution is -0.132. The summed E-state index contributed by atoms with van der Waals surface area (Å²) in [7, 11) is 0. The maximum absolute atomic E-state index is 13.5. The molecule has 0 saturated carbocycles. The summed E-state index contributed by atoms with van der Waals surface area (Å²) >= 11 is 6.09. The normalized spacial score (nSPS) is 17.1.